The molecule has 0 unspecified atom stereocenters. The molecule has 0 spiro atoms. The zero-order valence-corrected chi connectivity index (χ0v) is 21.1. The molecule has 1 aliphatic rings. The van der Waals surface area contributed by atoms with Gasteiger partial charge in [-0.2, -0.15) is 0 Å². The monoisotopic (exact) mass is 556 g/mol. The first-order chi connectivity index (χ1) is 16.7. The van der Waals surface area contributed by atoms with Gasteiger partial charge in [-0.1, -0.05) is 35.3 Å². The van der Waals surface area contributed by atoms with Gasteiger partial charge in [0, 0.05) is 23.4 Å². The number of benzene rings is 2. The minimum Gasteiger partial charge on any atom is -0.456 e. The van der Waals surface area contributed by atoms with Gasteiger partial charge in [0.15, 0.2) is 6.61 Å². The predicted molar refractivity (Wildman–Crippen MR) is 128 cm³/mol. The van der Waals surface area contributed by atoms with Gasteiger partial charge in [0.1, 0.15) is 15.9 Å². The van der Waals surface area contributed by atoms with Crippen LogP contribution in [0.1, 0.15) is 43.1 Å². The number of sulfone groups is 1. The second kappa shape index (κ2) is 10.3. The van der Waals surface area contributed by atoms with Crippen molar-refractivity contribution in [1.82, 2.24) is 4.90 Å². The normalized spacial score (nSPS) is 13.9. The maximum atomic E-state index is 12.9. The van der Waals surface area contributed by atoms with Crippen LogP contribution in [0.15, 0.2) is 30.3 Å². The molecule has 11 nitrogen and oxygen atoms in total. The average molecular weight is 557 g/mol. The molecule has 1 aliphatic heterocycles. The van der Waals surface area contributed by atoms with Gasteiger partial charge >= 0.3 is 5.97 Å². The first-order valence-corrected chi connectivity index (χ1v) is 13.0. The number of nitro benzene ring substituents is 1. The molecule has 0 fully saturated rings. The fourth-order valence-electron chi connectivity index (χ4n) is 3.51. The lowest BCUT2D eigenvalue weighted by Gasteiger charge is -2.24. The average Bonchev–Trinajstić information content (AvgIpc) is 3.01. The maximum absolute atomic E-state index is 12.9. The highest BCUT2D eigenvalue weighted by molar-refractivity contribution is 7.90. The topological polar surface area (TPSA) is 158 Å². The van der Waals surface area contributed by atoms with Crippen molar-refractivity contribution in [3.05, 3.63) is 72.7 Å². The fourth-order valence-corrected chi connectivity index (χ4v) is 4.49. The van der Waals surface area contributed by atoms with Crippen LogP contribution in [0.5, 0.6) is 0 Å². The van der Waals surface area contributed by atoms with Crippen LogP contribution in [0.2, 0.25) is 10.0 Å². The zero-order chi connectivity index (χ0) is 26.9. The first kappa shape index (κ1) is 27.2. The van der Waals surface area contributed by atoms with Crippen molar-refractivity contribution in [2.45, 2.75) is 19.4 Å². The van der Waals surface area contributed by atoms with E-state index in [1.54, 1.807) is 0 Å². The van der Waals surface area contributed by atoms with Gasteiger partial charge in [-0.15, -0.1) is 0 Å². The Hall–Kier alpha value is -3.35. The molecule has 2 aromatic carbocycles. The van der Waals surface area contributed by atoms with Gasteiger partial charge in [-0.25, -0.2) is 13.2 Å². The van der Waals surface area contributed by atoms with E-state index in [4.69, 9.17) is 27.9 Å². The first-order valence-electron chi connectivity index (χ1n) is 10.2. The van der Waals surface area contributed by atoms with Crippen LogP contribution in [0.4, 0.5) is 5.69 Å². The Bertz CT molecular complexity index is 1380. The molecule has 1 heterocycles. The highest BCUT2D eigenvalue weighted by atomic mass is 35.5. The van der Waals surface area contributed by atoms with Crippen LogP contribution in [0.3, 0.4) is 0 Å². The van der Waals surface area contributed by atoms with Gasteiger partial charge < -0.3 is 4.74 Å². The lowest BCUT2D eigenvalue weighted by atomic mass is 10.1. The van der Waals surface area contributed by atoms with Crippen molar-refractivity contribution in [2.24, 2.45) is 0 Å². The van der Waals surface area contributed by atoms with Crippen molar-refractivity contribution >= 4 is 62.3 Å². The number of fused-ring (bicyclic) bond motifs is 1. The van der Waals surface area contributed by atoms with E-state index in [1.165, 1.54) is 19.1 Å². The molecule has 0 saturated carbocycles. The number of nitrogens with zero attached hydrogens (tertiary/aromatic N) is 2. The minimum atomic E-state index is -3.62. The summed E-state index contributed by atoms with van der Waals surface area (Å²) in [6, 6.07) is 4.35. The lowest BCUT2D eigenvalue weighted by molar-refractivity contribution is -0.385. The Kier molecular flexibility index (Phi) is 7.82. The quantitative estimate of drug-likeness (QED) is 0.149. The summed E-state index contributed by atoms with van der Waals surface area (Å²) in [4.78, 5) is 62.3. The summed E-state index contributed by atoms with van der Waals surface area (Å²) in [5, 5.41) is 11.1. The summed E-state index contributed by atoms with van der Waals surface area (Å²) in [6.07, 6.45) is 0.417. The fraction of sp³-hybridized carbons (Fsp3) is 0.273. The molecule has 2 amide bonds. The van der Waals surface area contributed by atoms with Crippen molar-refractivity contribution in [1.29, 1.82) is 0 Å². The molecular weight excluding hydrogens is 539 g/mol. The van der Waals surface area contributed by atoms with E-state index in [9.17, 15) is 37.7 Å². The van der Waals surface area contributed by atoms with Crippen LogP contribution >= 0.6 is 23.2 Å². The molecule has 0 radical (unpaired) electrons. The molecule has 1 atom stereocenters. The van der Waals surface area contributed by atoms with Crippen LogP contribution in [0.25, 0.3) is 0 Å². The lowest BCUT2D eigenvalue weighted by Crippen LogP contribution is -2.46. The minimum absolute atomic E-state index is 0.00790. The van der Waals surface area contributed by atoms with Gasteiger partial charge in [0.2, 0.25) is 5.78 Å². The number of halogens is 2. The zero-order valence-electron chi connectivity index (χ0n) is 18.8. The van der Waals surface area contributed by atoms with E-state index in [0.29, 0.717) is 10.5 Å². The van der Waals surface area contributed by atoms with Crippen LogP contribution in [-0.4, -0.2) is 66.5 Å². The molecule has 2 aromatic rings. The number of amides is 2. The molecule has 190 valence electrons. The Balaban J connectivity index is 1.85. The second-order valence-electron chi connectivity index (χ2n) is 8.02. The number of imide groups is 1. The van der Waals surface area contributed by atoms with E-state index in [1.807, 2.05) is 0 Å². The van der Waals surface area contributed by atoms with E-state index in [-0.39, 0.29) is 32.4 Å². The molecule has 0 saturated heterocycles. The number of aryl methyl sites for hydroxylation is 1. The summed E-state index contributed by atoms with van der Waals surface area (Å²) in [5.41, 5.74) is -0.344. The van der Waals surface area contributed by atoms with Crippen LogP contribution in [-0.2, 0) is 19.4 Å². The summed E-state index contributed by atoms with van der Waals surface area (Å²) in [7, 11) is -3.62. The highest BCUT2D eigenvalue weighted by Gasteiger charge is 2.44. The van der Waals surface area contributed by atoms with E-state index >= 15 is 0 Å². The molecule has 14 heteroatoms. The standard InChI is InChI=1S/C22H18Cl2N2O9S/c1-11-3-4-12(7-18(11)26(31)32)19(27)10-35-22(30)17(5-6-36(2,33)34)25-20(28)13-8-15(23)16(24)9-14(13)21(25)29/h3-4,7-9,17H,5-6,10H2,1-2H3/t17-/m0/s1. The number of esters is 1. The van der Waals surface area contributed by atoms with Crippen molar-refractivity contribution in [3.8, 4) is 0 Å². The number of hydrogen-bond donors (Lipinski definition) is 0. The second-order valence-corrected chi connectivity index (χ2v) is 11.1. The van der Waals surface area contributed by atoms with Gasteiger partial charge in [-0.3, -0.25) is 29.4 Å². The summed E-state index contributed by atoms with van der Waals surface area (Å²) in [5.74, 6) is -4.39. The molecule has 0 N–H and O–H groups in total. The van der Waals surface area contributed by atoms with Crippen LogP contribution < -0.4 is 0 Å². The molecule has 36 heavy (non-hydrogen) atoms. The molecule has 0 bridgehead atoms. The van der Waals surface area contributed by atoms with Crippen LogP contribution in [0, 0.1) is 17.0 Å². The highest BCUT2D eigenvalue weighted by Crippen LogP contribution is 2.33. The molecule has 0 aromatic heterocycles. The van der Waals surface area contributed by atoms with E-state index in [2.05, 4.69) is 0 Å². The molecular formula is C22H18Cl2N2O9S. The third-order valence-electron chi connectivity index (χ3n) is 5.38. The summed E-state index contributed by atoms with van der Waals surface area (Å²) >= 11 is 11.9. The number of Topliss-reactive ketones (excluding diaryl/α,β-unsaturated/α-hetero) is 1. The number of ketones is 1. The Morgan fingerprint density at radius 2 is 1.64 bits per heavy atom. The number of rotatable bonds is 9. The Morgan fingerprint density at radius 1 is 1.08 bits per heavy atom. The maximum Gasteiger partial charge on any atom is 0.329 e. The number of carbonyl (C=O) groups is 4. The van der Waals surface area contributed by atoms with Crippen molar-refractivity contribution < 1.29 is 37.3 Å². The summed E-state index contributed by atoms with van der Waals surface area (Å²) in [6.45, 7) is 0.622. The number of ether oxygens (including phenoxy) is 1. The van der Waals surface area contributed by atoms with Gasteiger partial charge in [0.25, 0.3) is 17.5 Å². The predicted octanol–water partition coefficient (Wildman–Crippen LogP) is 3.04. The Morgan fingerprint density at radius 3 is 2.14 bits per heavy atom. The van der Waals surface area contributed by atoms with E-state index < -0.39 is 63.1 Å². The largest absolute Gasteiger partial charge is 0.456 e. The number of hydrogen-bond acceptors (Lipinski definition) is 9. The van der Waals surface area contributed by atoms with E-state index in [0.717, 1.165) is 24.5 Å². The smallest absolute Gasteiger partial charge is 0.329 e. The Labute approximate surface area is 215 Å². The number of carbonyl (C=O) groups excluding carboxylic acids is 4. The third kappa shape index (κ3) is 5.72. The van der Waals surface area contributed by atoms with Gasteiger partial charge in [-0.05, 0) is 25.5 Å². The third-order valence-corrected chi connectivity index (χ3v) is 7.08. The molecule has 0 aliphatic carbocycles. The molecule has 3 rings (SSSR count). The number of nitro groups is 1. The van der Waals surface area contributed by atoms with Crippen molar-refractivity contribution in [2.75, 3.05) is 18.6 Å². The summed E-state index contributed by atoms with van der Waals surface area (Å²) < 4.78 is 28.5. The SMILES string of the molecule is Cc1ccc(C(=O)COC(=O)[C@H](CCS(C)(=O)=O)N2C(=O)c3cc(Cl)c(Cl)cc3C2=O)cc1[N+](=O)[O-]. The van der Waals surface area contributed by atoms with Gasteiger partial charge in [0.05, 0.1) is 31.8 Å². The van der Waals surface area contributed by atoms with Crippen molar-refractivity contribution in [3.63, 3.8) is 0 Å².